The van der Waals surface area contributed by atoms with Gasteiger partial charge in [0, 0.05) is 13.0 Å². The van der Waals surface area contributed by atoms with E-state index in [1.807, 2.05) is 13.8 Å². The van der Waals surface area contributed by atoms with Gasteiger partial charge < -0.3 is 10.4 Å². The van der Waals surface area contributed by atoms with E-state index in [0.29, 0.717) is 13.0 Å². The van der Waals surface area contributed by atoms with Crippen molar-refractivity contribution >= 4 is 5.91 Å². The van der Waals surface area contributed by atoms with E-state index in [9.17, 15) is 9.90 Å². The average Bonchev–Trinajstić information content (AvgIpc) is 2.35. The minimum atomic E-state index is -0.485. The van der Waals surface area contributed by atoms with Crippen LogP contribution in [0.1, 0.15) is 45.2 Å². The fourth-order valence-electron chi connectivity index (χ4n) is 2.02. The fraction of sp³-hybridized carbons (Fsp3) is 0.588. The molecule has 0 bridgehead atoms. The van der Waals surface area contributed by atoms with Crippen LogP contribution in [0, 0.1) is 12.8 Å². The second-order valence-electron chi connectivity index (χ2n) is 6.54. The summed E-state index contributed by atoms with van der Waals surface area (Å²) < 4.78 is 0. The molecule has 0 heterocycles. The Morgan fingerprint density at radius 3 is 2.30 bits per heavy atom. The lowest BCUT2D eigenvalue weighted by Crippen LogP contribution is -2.37. The first-order chi connectivity index (χ1) is 9.22. The first kappa shape index (κ1) is 16.7. The summed E-state index contributed by atoms with van der Waals surface area (Å²) in [4.78, 5) is 12.0. The van der Waals surface area contributed by atoms with Gasteiger partial charge >= 0.3 is 0 Å². The van der Waals surface area contributed by atoms with Crippen LogP contribution in [0.25, 0.3) is 0 Å². The lowest BCUT2D eigenvalue weighted by Gasteiger charge is -2.25. The number of hydrogen-bond donors (Lipinski definition) is 2. The summed E-state index contributed by atoms with van der Waals surface area (Å²) in [6.45, 7) is 10.4. The van der Waals surface area contributed by atoms with Gasteiger partial charge in [-0.1, -0.05) is 57.5 Å². The van der Waals surface area contributed by atoms with E-state index >= 15 is 0 Å². The smallest absolute Gasteiger partial charge is 0.220 e. The zero-order chi connectivity index (χ0) is 15.3. The van der Waals surface area contributed by atoms with Gasteiger partial charge in [0.05, 0.1) is 6.10 Å². The van der Waals surface area contributed by atoms with Crippen LogP contribution in [-0.2, 0) is 10.2 Å². The van der Waals surface area contributed by atoms with E-state index in [0.717, 1.165) is 5.56 Å². The number of amides is 1. The Hall–Kier alpha value is -1.35. The number of nitrogens with one attached hydrogen (secondary N) is 1. The van der Waals surface area contributed by atoms with Crippen molar-refractivity contribution in [1.29, 1.82) is 0 Å². The normalized spacial score (nSPS) is 13.3. The molecule has 0 saturated heterocycles. The summed E-state index contributed by atoms with van der Waals surface area (Å²) in [7, 11) is 0. The predicted octanol–water partition coefficient (Wildman–Crippen LogP) is 2.80. The summed E-state index contributed by atoms with van der Waals surface area (Å²) >= 11 is 0. The lowest BCUT2D eigenvalue weighted by atomic mass is 9.81. The maximum atomic E-state index is 12.0. The van der Waals surface area contributed by atoms with Crippen molar-refractivity contribution in [2.45, 2.75) is 52.6 Å². The molecule has 1 aromatic carbocycles. The molecule has 0 aliphatic rings. The molecule has 0 aliphatic carbocycles. The van der Waals surface area contributed by atoms with Crippen molar-refractivity contribution in [1.82, 2.24) is 5.32 Å². The Morgan fingerprint density at radius 2 is 1.80 bits per heavy atom. The summed E-state index contributed by atoms with van der Waals surface area (Å²) in [5.41, 5.74) is 2.16. The number of carbonyl (C=O) groups is 1. The molecule has 1 rings (SSSR count). The van der Waals surface area contributed by atoms with Crippen LogP contribution in [-0.4, -0.2) is 23.7 Å². The maximum absolute atomic E-state index is 12.0. The van der Waals surface area contributed by atoms with Gasteiger partial charge in [0.25, 0.3) is 0 Å². The molecular formula is C17H27NO2. The molecule has 112 valence electrons. The number of aryl methyl sites for hydroxylation is 1. The summed E-state index contributed by atoms with van der Waals surface area (Å²) in [6.07, 6.45) is -0.0672. The van der Waals surface area contributed by atoms with E-state index in [1.54, 1.807) is 0 Å². The number of aliphatic hydroxyl groups is 1. The highest BCUT2D eigenvalue weighted by Crippen LogP contribution is 2.27. The molecule has 1 aromatic rings. The predicted molar refractivity (Wildman–Crippen MR) is 82.7 cm³/mol. The van der Waals surface area contributed by atoms with Gasteiger partial charge in [-0.3, -0.25) is 4.79 Å². The maximum Gasteiger partial charge on any atom is 0.220 e. The molecule has 3 heteroatoms. The van der Waals surface area contributed by atoms with Crippen LogP contribution in [0.2, 0.25) is 0 Å². The third-order valence-corrected chi connectivity index (χ3v) is 3.71. The summed E-state index contributed by atoms with van der Waals surface area (Å²) in [6, 6.07) is 8.28. The first-order valence-electron chi connectivity index (χ1n) is 7.24. The molecule has 3 nitrogen and oxygen atoms in total. The second-order valence-corrected chi connectivity index (χ2v) is 6.54. The minimum absolute atomic E-state index is 0.0183. The summed E-state index contributed by atoms with van der Waals surface area (Å²) in [5, 5.41) is 12.5. The highest BCUT2D eigenvalue weighted by atomic mass is 16.3. The molecule has 0 aromatic heterocycles. The largest absolute Gasteiger partial charge is 0.391 e. The fourth-order valence-corrected chi connectivity index (χ4v) is 2.02. The van der Waals surface area contributed by atoms with Crippen molar-refractivity contribution in [2.75, 3.05) is 6.54 Å². The lowest BCUT2D eigenvalue weighted by molar-refractivity contribution is -0.122. The highest BCUT2D eigenvalue weighted by molar-refractivity contribution is 5.77. The van der Waals surface area contributed by atoms with E-state index in [1.165, 1.54) is 5.56 Å². The van der Waals surface area contributed by atoms with Crippen molar-refractivity contribution in [3.05, 3.63) is 35.4 Å². The van der Waals surface area contributed by atoms with Crippen LogP contribution in [0.3, 0.4) is 0 Å². The molecule has 20 heavy (non-hydrogen) atoms. The molecule has 0 aliphatic heterocycles. The molecule has 0 saturated carbocycles. The van der Waals surface area contributed by atoms with Crippen LogP contribution in [0.15, 0.2) is 24.3 Å². The van der Waals surface area contributed by atoms with E-state index in [2.05, 4.69) is 50.4 Å². The molecule has 2 N–H and O–H groups in total. The SMILES string of the molecule is Cc1ccc(C(C)(C)CC(=O)NCC(O)C(C)C)cc1. The monoisotopic (exact) mass is 277 g/mol. The van der Waals surface area contributed by atoms with Crippen LogP contribution in [0.4, 0.5) is 0 Å². The quantitative estimate of drug-likeness (QED) is 0.840. The Labute approximate surface area is 122 Å². The van der Waals surface area contributed by atoms with Crippen molar-refractivity contribution < 1.29 is 9.90 Å². The Kier molecular flexibility index (Phi) is 5.75. The third-order valence-electron chi connectivity index (χ3n) is 3.71. The zero-order valence-electron chi connectivity index (χ0n) is 13.2. The number of hydrogen-bond acceptors (Lipinski definition) is 2. The molecule has 0 radical (unpaired) electrons. The van der Waals surface area contributed by atoms with E-state index < -0.39 is 6.10 Å². The average molecular weight is 277 g/mol. The van der Waals surface area contributed by atoms with Gasteiger partial charge in [0.1, 0.15) is 0 Å². The van der Waals surface area contributed by atoms with Crippen molar-refractivity contribution in [3.8, 4) is 0 Å². The standard InChI is InChI=1S/C17H27NO2/c1-12(2)15(19)11-18-16(20)10-17(4,5)14-8-6-13(3)7-9-14/h6-9,12,15,19H,10-11H2,1-5H3,(H,18,20). The first-order valence-corrected chi connectivity index (χ1v) is 7.24. The Bertz CT molecular complexity index is 435. The van der Waals surface area contributed by atoms with Gasteiger partial charge in [0.15, 0.2) is 0 Å². The number of carbonyl (C=O) groups excluding carboxylic acids is 1. The molecule has 1 unspecified atom stereocenters. The molecular weight excluding hydrogens is 250 g/mol. The number of benzene rings is 1. The van der Waals surface area contributed by atoms with Crippen LogP contribution >= 0.6 is 0 Å². The van der Waals surface area contributed by atoms with Crippen LogP contribution in [0.5, 0.6) is 0 Å². The van der Waals surface area contributed by atoms with Crippen molar-refractivity contribution in [2.24, 2.45) is 5.92 Å². The van der Waals surface area contributed by atoms with Gasteiger partial charge in [-0.2, -0.15) is 0 Å². The number of rotatable bonds is 6. The second kappa shape index (κ2) is 6.89. The highest BCUT2D eigenvalue weighted by Gasteiger charge is 2.24. The minimum Gasteiger partial charge on any atom is -0.391 e. The van der Waals surface area contributed by atoms with Gasteiger partial charge in [-0.05, 0) is 23.8 Å². The van der Waals surface area contributed by atoms with Gasteiger partial charge in [-0.15, -0.1) is 0 Å². The van der Waals surface area contributed by atoms with E-state index in [-0.39, 0.29) is 17.2 Å². The van der Waals surface area contributed by atoms with Gasteiger partial charge in [0.2, 0.25) is 5.91 Å². The van der Waals surface area contributed by atoms with Gasteiger partial charge in [-0.25, -0.2) is 0 Å². The molecule has 1 amide bonds. The molecule has 1 atom stereocenters. The summed E-state index contributed by atoms with van der Waals surface area (Å²) in [5.74, 6) is 0.135. The van der Waals surface area contributed by atoms with Crippen LogP contribution < -0.4 is 5.32 Å². The Morgan fingerprint density at radius 1 is 1.25 bits per heavy atom. The zero-order valence-corrected chi connectivity index (χ0v) is 13.2. The third kappa shape index (κ3) is 4.97. The number of aliphatic hydroxyl groups excluding tert-OH is 1. The topological polar surface area (TPSA) is 49.3 Å². The molecule has 0 fully saturated rings. The van der Waals surface area contributed by atoms with Crippen molar-refractivity contribution in [3.63, 3.8) is 0 Å². The van der Waals surface area contributed by atoms with E-state index in [4.69, 9.17) is 0 Å². The Balaban J connectivity index is 2.57. The molecule has 0 spiro atoms.